The first-order chi connectivity index (χ1) is 7.88. The third-order valence-electron chi connectivity index (χ3n) is 2.28. The van der Waals surface area contributed by atoms with Crippen molar-refractivity contribution in [1.82, 2.24) is 4.98 Å². The topological polar surface area (TPSA) is 24.9 Å². The zero-order valence-corrected chi connectivity index (χ0v) is 9.61. The molecule has 0 fully saturated rings. The molecule has 1 N–H and O–H groups in total. The highest BCUT2D eigenvalue weighted by atomic mass is 35.5. The minimum absolute atomic E-state index is 0.541. The summed E-state index contributed by atoms with van der Waals surface area (Å²) in [6, 6.07) is 14.0. The third-order valence-corrected chi connectivity index (χ3v) is 2.59. The molecule has 3 heteroatoms. The summed E-state index contributed by atoms with van der Waals surface area (Å²) in [4.78, 5) is 4.25. The Hall–Kier alpha value is -1.54. The van der Waals surface area contributed by atoms with Crippen LogP contribution in [0.25, 0.3) is 0 Å². The Labute approximate surface area is 100 Å². The van der Waals surface area contributed by atoms with E-state index in [9.17, 15) is 0 Å². The first kappa shape index (κ1) is 11.0. The lowest BCUT2D eigenvalue weighted by Gasteiger charge is -2.06. The fourth-order valence-electron chi connectivity index (χ4n) is 1.46. The molecule has 0 aliphatic heterocycles. The lowest BCUT2D eigenvalue weighted by molar-refractivity contribution is 1.04. The Morgan fingerprint density at radius 3 is 2.81 bits per heavy atom. The van der Waals surface area contributed by atoms with Gasteiger partial charge in [-0.15, -0.1) is 11.6 Å². The fraction of sp³-hybridized carbons (Fsp3) is 0.154. The largest absolute Gasteiger partial charge is 0.379 e. The number of alkyl halides is 1. The molecule has 16 heavy (non-hydrogen) atoms. The van der Waals surface area contributed by atoms with E-state index in [4.69, 9.17) is 11.6 Å². The highest BCUT2D eigenvalue weighted by Crippen LogP contribution is 2.13. The predicted octanol–water partition coefficient (Wildman–Crippen LogP) is 3.43. The van der Waals surface area contributed by atoms with Gasteiger partial charge in [0.15, 0.2) is 0 Å². The second kappa shape index (κ2) is 5.52. The van der Waals surface area contributed by atoms with Crippen LogP contribution in [0.3, 0.4) is 0 Å². The molecule has 0 radical (unpaired) electrons. The molecule has 1 heterocycles. The first-order valence-electron chi connectivity index (χ1n) is 5.17. The van der Waals surface area contributed by atoms with Gasteiger partial charge in [0, 0.05) is 17.8 Å². The summed E-state index contributed by atoms with van der Waals surface area (Å²) in [5, 5.41) is 3.31. The second-order valence-electron chi connectivity index (χ2n) is 3.51. The number of aromatic nitrogens is 1. The summed E-state index contributed by atoms with van der Waals surface area (Å²) in [6.45, 7) is 0.729. The van der Waals surface area contributed by atoms with Crippen molar-refractivity contribution < 1.29 is 0 Å². The van der Waals surface area contributed by atoms with E-state index in [1.165, 1.54) is 0 Å². The molecule has 0 amide bonds. The summed E-state index contributed by atoms with van der Waals surface area (Å²) < 4.78 is 0. The van der Waals surface area contributed by atoms with Crippen molar-refractivity contribution in [3.8, 4) is 0 Å². The van der Waals surface area contributed by atoms with Crippen LogP contribution < -0.4 is 5.32 Å². The summed E-state index contributed by atoms with van der Waals surface area (Å²) in [6.07, 6.45) is 1.80. The Bertz CT molecular complexity index is 443. The van der Waals surface area contributed by atoms with Crippen molar-refractivity contribution in [1.29, 1.82) is 0 Å². The van der Waals surface area contributed by atoms with Crippen LogP contribution in [-0.4, -0.2) is 4.98 Å². The fourth-order valence-corrected chi connectivity index (χ4v) is 1.63. The molecule has 0 spiro atoms. The smallest absolute Gasteiger partial charge is 0.0594 e. The molecule has 0 aliphatic rings. The molecular weight excluding hydrogens is 220 g/mol. The molecule has 2 rings (SSSR count). The number of nitrogens with one attached hydrogen (secondary N) is 1. The molecule has 0 saturated carbocycles. The summed E-state index contributed by atoms with van der Waals surface area (Å²) >= 11 is 5.78. The van der Waals surface area contributed by atoms with Gasteiger partial charge in [0.05, 0.1) is 12.2 Å². The molecule has 0 unspecified atom stereocenters. The van der Waals surface area contributed by atoms with Gasteiger partial charge in [0.1, 0.15) is 0 Å². The van der Waals surface area contributed by atoms with Crippen molar-refractivity contribution in [2.75, 3.05) is 5.32 Å². The molecule has 1 aromatic heterocycles. The maximum absolute atomic E-state index is 5.78. The van der Waals surface area contributed by atoms with Crippen LogP contribution in [0.5, 0.6) is 0 Å². The average molecular weight is 233 g/mol. The normalized spacial score (nSPS) is 10.1. The monoisotopic (exact) mass is 232 g/mol. The van der Waals surface area contributed by atoms with Gasteiger partial charge in [0.2, 0.25) is 0 Å². The van der Waals surface area contributed by atoms with Crippen molar-refractivity contribution in [2.45, 2.75) is 12.4 Å². The number of anilines is 1. The zero-order chi connectivity index (χ0) is 11.2. The SMILES string of the molecule is ClCc1cccc(NCc2ccccn2)c1. The van der Waals surface area contributed by atoms with Crippen LogP contribution in [0.2, 0.25) is 0 Å². The Morgan fingerprint density at radius 2 is 2.06 bits per heavy atom. The van der Waals surface area contributed by atoms with Crippen LogP contribution in [0.1, 0.15) is 11.3 Å². The number of benzene rings is 1. The molecular formula is C13H13ClN2. The maximum Gasteiger partial charge on any atom is 0.0594 e. The number of pyridine rings is 1. The number of nitrogens with zero attached hydrogens (tertiary/aromatic N) is 1. The van der Waals surface area contributed by atoms with E-state index in [2.05, 4.69) is 16.4 Å². The van der Waals surface area contributed by atoms with Crippen LogP contribution in [0.15, 0.2) is 48.7 Å². The van der Waals surface area contributed by atoms with Gasteiger partial charge in [-0.05, 0) is 29.8 Å². The van der Waals surface area contributed by atoms with E-state index in [0.717, 1.165) is 23.5 Å². The molecule has 0 atom stereocenters. The van der Waals surface area contributed by atoms with Gasteiger partial charge in [-0.25, -0.2) is 0 Å². The Balaban J connectivity index is 1.99. The van der Waals surface area contributed by atoms with E-state index in [-0.39, 0.29) is 0 Å². The minimum atomic E-state index is 0.541. The average Bonchev–Trinajstić information content (AvgIpc) is 2.38. The molecule has 0 aliphatic carbocycles. The minimum Gasteiger partial charge on any atom is -0.379 e. The van der Waals surface area contributed by atoms with Gasteiger partial charge in [0.25, 0.3) is 0 Å². The van der Waals surface area contributed by atoms with E-state index in [1.54, 1.807) is 6.20 Å². The van der Waals surface area contributed by atoms with Gasteiger partial charge in [-0.3, -0.25) is 4.98 Å². The Kier molecular flexibility index (Phi) is 3.78. The molecule has 0 bridgehead atoms. The number of hydrogen-bond donors (Lipinski definition) is 1. The van der Waals surface area contributed by atoms with E-state index >= 15 is 0 Å². The lowest BCUT2D eigenvalue weighted by Crippen LogP contribution is -2.01. The lowest BCUT2D eigenvalue weighted by atomic mass is 10.2. The number of rotatable bonds is 4. The molecule has 2 aromatic rings. The van der Waals surface area contributed by atoms with Gasteiger partial charge in [-0.1, -0.05) is 18.2 Å². The predicted molar refractivity (Wildman–Crippen MR) is 67.6 cm³/mol. The number of halogens is 1. The summed E-state index contributed by atoms with van der Waals surface area (Å²) in [5.74, 6) is 0.541. The summed E-state index contributed by atoms with van der Waals surface area (Å²) in [7, 11) is 0. The van der Waals surface area contributed by atoms with Crippen LogP contribution >= 0.6 is 11.6 Å². The van der Waals surface area contributed by atoms with Gasteiger partial charge >= 0.3 is 0 Å². The first-order valence-corrected chi connectivity index (χ1v) is 5.70. The zero-order valence-electron chi connectivity index (χ0n) is 8.86. The molecule has 82 valence electrons. The van der Waals surface area contributed by atoms with Crippen molar-refractivity contribution in [3.05, 3.63) is 59.9 Å². The van der Waals surface area contributed by atoms with Crippen LogP contribution in [0.4, 0.5) is 5.69 Å². The van der Waals surface area contributed by atoms with E-state index in [1.807, 2.05) is 36.4 Å². The number of hydrogen-bond acceptors (Lipinski definition) is 2. The summed E-state index contributed by atoms with van der Waals surface area (Å²) in [5.41, 5.74) is 3.22. The highest BCUT2D eigenvalue weighted by molar-refractivity contribution is 6.17. The standard InChI is InChI=1S/C13H13ClN2/c14-9-11-4-3-6-12(8-11)16-10-13-5-1-2-7-15-13/h1-8,16H,9-10H2. The van der Waals surface area contributed by atoms with E-state index < -0.39 is 0 Å². The van der Waals surface area contributed by atoms with Gasteiger partial charge < -0.3 is 5.32 Å². The molecule has 2 nitrogen and oxygen atoms in total. The third kappa shape index (κ3) is 2.97. The van der Waals surface area contributed by atoms with Crippen molar-refractivity contribution in [3.63, 3.8) is 0 Å². The van der Waals surface area contributed by atoms with Crippen LogP contribution in [0, 0.1) is 0 Å². The van der Waals surface area contributed by atoms with Crippen molar-refractivity contribution >= 4 is 17.3 Å². The van der Waals surface area contributed by atoms with Gasteiger partial charge in [-0.2, -0.15) is 0 Å². The molecule has 1 aromatic carbocycles. The molecule has 0 saturated heterocycles. The van der Waals surface area contributed by atoms with Crippen molar-refractivity contribution in [2.24, 2.45) is 0 Å². The highest BCUT2D eigenvalue weighted by Gasteiger charge is 1.95. The second-order valence-corrected chi connectivity index (χ2v) is 3.78. The van der Waals surface area contributed by atoms with E-state index in [0.29, 0.717) is 5.88 Å². The van der Waals surface area contributed by atoms with Crippen LogP contribution in [-0.2, 0) is 12.4 Å². The maximum atomic E-state index is 5.78. The Morgan fingerprint density at radius 1 is 1.12 bits per heavy atom. The quantitative estimate of drug-likeness (QED) is 0.817.